The molecule has 3 N–H and O–H groups in total. The van der Waals surface area contributed by atoms with Crippen molar-refractivity contribution in [3.05, 3.63) is 84.1 Å². The van der Waals surface area contributed by atoms with Crippen LogP contribution in [0.2, 0.25) is 5.02 Å². The van der Waals surface area contributed by atoms with Crippen LogP contribution in [0.3, 0.4) is 0 Å². The smallest absolute Gasteiger partial charge is 0.410 e. The van der Waals surface area contributed by atoms with Gasteiger partial charge in [-0.05, 0) is 62.2 Å². The molecule has 2 aromatic rings. The number of nitrogens with zero attached hydrogens (tertiary/aromatic N) is 3. The van der Waals surface area contributed by atoms with Crippen molar-refractivity contribution < 1.29 is 19.1 Å². The number of imidazole rings is 1. The van der Waals surface area contributed by atoms with Gasteiger partial charge in [-0.15, -0.1) is 6.58 Å². The Labute approximate surface area is 268 Å². The molecular formula is C33H51ClN6O4. The summed E-state index contributed by atoms with van der Waals surface area (Å²) in [5, 5.41) is 10.1. The zero-order valence-corrected chi connectivity index (χ0v) is 28.1. The van der Waals surface area contributed by atoms with Crippen LogP contribution in [0.25, 0.3) is 5.57 Å². The highest BCUT2D eigenvalue weighted by Gasteiger charge is 2.24. The number of aromatic nitrogens is 2. The van der Waals surface area contributed by atoms with Crippen LogP contribution in [0.4, 0.5) is 4.79 Å². The van der Waals surface area contributed by atoms with E-state index < -0.39 is 6.04 Å². The lowest BCUT2D eigenvalue weighted by atomic mass is 9.90. The highest BCUT2D eigenvalue weighted by Crippen LogP contribution is 2.33. The summed E-state index contributed by atoms with van der Waals surface area (Å²) in [5.41, 5.74) is 3.44. The predicted octanol–water partition coefficient (Wildman–Crippen LogP) is 5.27. The molecule has 1 aliphatic heterocycles. The number of hydrogen-bond donors (Lipinski definition) is 3. The van der Waals surface area contributed by atoms with E-state index in [-0.39, 0.29) is 30.8 Å². The van der Waals surface area contributed by atoms with Gasteiger partial charge < -0.3 is 34.9 Å². The summed E-state index contributed by atoms with van der Waals surface area (Å²) < 4.78 is 11.9. The minimum Gasteiger partial charge on any atom is -0.447 e. The Kier molecular flexibility index (Phi) is 18.5. The first-order valence-electron chi connectivity index (χ1n) is 15.0. The number of allylic oxidation sites excluding steroid dienone is 1. The van der Waals surface area contributed by atoms with Crippen LogP contribution < -0.4 is 16.0 Å². The Balaban J connectivity index is 0.000000575. The van der Waals surface area contributed by atoms with Crippen molar-refractivity contribution >= 4 is 29.2 Å². The van der Waals surface area contributed by atoms with Crippen LogP contribution in [-0.2, 0) is 27.7 Å². The number of methoxy groups -OCH3 is 1. The minimum atomic E-state index is -0.483. The third kappa shape index (κ3) is 13.0. The Morgan fingerprint density at radius 3 is 2.45 bits per heavy atom. The standard InChI is InChI=1S/C23H29ClN4O2.C8H16N2O2.C2H6/c1-6-10-26-19(7-2)11-17-8-9-18(24)12-20(17)16(3)23(27-22(29)14-30-5)21-13-25-15-28(21)4;1-7(2)12-8(11)10-5-3-9-4-6-10;1-2/h6-10,12-13,15,19,23,26H,2-3,11,14H2,1,4-5H3,(H,27,29);7,9H,3-6H2,1-2H3;1-2H3/b10-6-;;/t19?,23-;;/m1../s1. The summed E-state index contributed by atoms with van der Waals surface area (Å²) in [6.45, 7) is 21.1. The molecule has 44 heavy (non-hydrogen) atoms. The number of ether oxygens (including phenoxy) is 2. The molecule has 0 saturated carbocycles. The van der Waals surface area contributed by atoms with E-state index in [1.807, 2.05) is 82.8 Å². The lowest BCUT2D eigenvalue weighted by Crippen LogP contribution is -2.47. The molecular weight excluding hydrogens is 580 g/mol. The summed E-state index contributed by atoms with van der Waals surface area (Å²) in [4.78, 5) is 29.5. The number of halogens is 1. The Morgan fingerprint density at radius 2 is 1.91 bits per heavy atom. The van der Waals surface area contributed by atoms with E-state index in [9.17, 15) is 9.59 Å². The van der Waals surface area contributed by atoms with Crippen molar-refractivity contribution in [2.24, 2.45) is 7.05 Å². The maximum Gasteiger partial charge on any atom is 0.410 e. The number of nitrogens with one attached hydrogen (secondary N) is 3. The van der Waals surface area contributed by atoms with Crippen LogP contribution in [0.5, 0.6) is 0 Å². The first-order chi connectivity index (χ1) is 21.1. The maximum absolute atomic E-state index is 12.3. The number of rotatable bonds is 12. The molecule has 0 bridgehead atoms. The molecule has 11 heteroatoms. The summed E-state index contributed by atoms with van der Waals surface area (Å²) in [7, 11) is 3.36. The average Bonchev–Trinajstić information content (AvgIpc) is 3.45. The number of carbonyl (C=O) groups is 2. The fourth-order valence-corrected chi connectivity index (χ4v) is 4.46. The molecule has 0 radical (unpaired) electrons. The van der Waals surface area contributed by atoms with E-state index in [1.165, 1.54) is 7.11 Å². The third-order valence-electron chi connectivity index (χ3n) is 6.41. The second-order valence-electron chi connectivity index (χ2n) is 10.1. The van der Waals surface area contributed by atoms with Gasteiger partial charge in [0.05, 0.1) is 30.4 Å². The number of amides is 2. The second-order valence-corrected chi connectivity index (χ2v) is 10.5. The van der Waals surface area contributed by atoms with Crippen LogP contribution in [0, 0.1) is 0 Å². The zero-order chi connectivity index (χ0) is 33.1. The average molecular weight is 631 g/mol. The first-order valence-corrected chi connectivity index (χ1v) is 15.4. The van der Waals surface area contributed by atoms with Gasteiger partial charge in [0.25, 0.3) is 0 Å². The molecule has 1 aromatic carbocycles. The molecule has 2 amide bonds. The largest absolute Gasteiger partial charge is 0.447 e. The molecule has 0 spiro atoms. The molecule has 1 aromatic heterocycles. The number of piperazine rings is 1. The van der Waals surface area contributed by atoms with E-state index >= 15 is 0 Å². The van der Waals surface area contributed by atoms with Crippen LogP contribution >= 0.6 is 11.6 Å². The fourth-order valence-electron chi connectivity index (χ4n) is 4.29. The summed E-state index contributed by atoms with van der Waals surface area (Å²) in [6, 6.07) is 5.26. The summed E-state index contributed by atoms with van der Waals surface area (Å²) in [6.07, 6.45) is 9.56. The minimum absolute atomic E-state index is 0.0209. The summed E-state index contributed by atoms with van der Waals surface area (Å²) >= 11 is 6.32. The highest BCUT2D eigenvalue weighted by molar-refractivity contribution is 6.30. The third-order valence-corrected chi connectivity index (χ3v) is 6.64. The zero-order valence-electron chi connectivity index (χ0n) is 27.4. The number of benzene rings is 1. The van der Waals surface area contributed by atoms with E-state index in [0.717, 1.165) is 48.6 Å². The van der Waals surface area contributed by atoms with Gasteiger partial charge in [0, 0.05) is 51.4 Å². The highest BCUT2D eigenvalue weighted by atomic mass is 35.5. The number of carbonyl (C=O) groups excluding carboxylic acids is 2. The first kappa shape index (κ1) is 38.4. The van der Waals surface area contributed by atoms with Gasteiger partial charge in [0.1, 0.15) is 6.61 Å². The van der Waals surface area contributed by atoms with Gasteiger partial charge in [-0.3, -0.25) is 4.79 Å². The van der Waals surface area contributed by atoms with Crippen molar-refractivity contribution in [2.45, 2.75) is 59.2 Å². The molecule has 1 aliphatic rings. The van der Waals surface area contributed by atoms with Gasteiger partial charge in [-0.2, -0.15) is 0 Å². The van der Waals surface area contributed by atoms with Crippen molar-refractivity contribution in [1.82, 2.24) is 30.4 Å². The molecule has 1 fully saturated rings. The molecule has 10 nitrogen and oxygen atoms in total. The van der Waals surface area contributed by atoms with E-state index in [0.29, 0.717) is 11.4 Å². The van der Waals surface area contributed by atoms with Crippen molar-refractivity contribution in [3.8, 4) is 0 Å². The summed E-state index contributed by atoms with van der Waals surface area (Å²) in [5.74, 6) is -0.243. The molecule has 1 saturated heterocycles. The molecule has 2 atom stereocenters. The predicted molar refractivity (Wildman–Crippen MR) is 180 cm³/mol. The number of hydrogen-bond acceptors (Lipinski definition) is 7. The van der Waals surface area contributed by atoms with Gasteiger partial charge in [0.2, 0.25) is 5.91 Å². The van der Waals surface area contributed by atoms with E-state index in [4.69, 9.17) is 21.1 Å². The molecule has 1 unspecified atom stereocenters. The van der Waals surface area contributed by atoms with Crippen LogP contribution in [0.15, 0.2) is 62.2 Å². The Hall–Kier alpha value is -3.60. The van der Waals surface area contributed by atoms with E-state index in [1.54, 1.807) is 17.4 Å². The van der Waals surface area contributed by atoms with Gasteiger partial charge in [-0.1, -0.05) is 50.2 Å². The van der Waals surface area contributed by atoms with Crippen LogP contribution in [0.1, 0.15) is 57.5 Å². The topological polar surface area (TPSA) is 110 Å². The molecule has 0 aliphatic carbocycles. The Bertz CT molecular complexity index is 1210. The molecule has 244 valence electrons. The monoisotopic (exact) mass is 630 g/mol. The maximum atomic E-state index is 12.3. The Morgan fingerprint density at radius 1 is 1.23 bits per heavy atom. The van der Waals surface area contributed by atoms with Crippen molar-refractivity contribution in [1.29, 1.82) is 0 Å². The molecule has 3 rings (SSSR count). The lowest BCUT2D eigenvalue weighted by Gasteiger charge is -2.27. The van der Waals surface area contributed by atoms with Crippen molar-refractivity contribution in [3.63, 3.8) is 0 Å². The van der Waals surface area contributed by atoms with Crippen LogP contribution in [-0.4, -0.2) is 78.5 Å². The van der Waals surface area contributed by atoms with Gasteiger partial charge >= 0.3 is 6.09 Å². The van der Waals surface area contributed by atoms with Gasteiger partial charge in [-0.25, -0.2) is 9.78 Å². The quantitative estimate of drug-likeness (QED) is 0.274. The number of aryl methyl sites for hydroxylation is 1. The van der Waals surface area contributed by atoms with Gasteiger partial charge in [0.15, 0.2) is 0 Å². The second kappa shape index (κ2) is 21.2. The lowest BCUT2D eigenvalue weighted by molar-refractivity contribution is -0.125. The fraction of sp³-hybridized carbons (Fsp3) is 0.485. The van der Waals surface area contributed by atoms with E-state index in [2.05, 4.69) is 34.1 Å². The molecule has 2 heterocycles. The SMILES string of the molecule is C=CC(Cc1ccc(Cl)cc1C(=C)[C@@H](NC(=O)COC)c1cncn1C)N/C=C\C.CC.CC(C)OC(=O)N1CCNCC1. The normalized spacial score (nSPS) is 14.0. The van der Waals surface area contributed by atoms with Crippen molar-refractivity contribution in [2.75, 3.05) is 39.9 Å².